The number of aliphatic imine (C=N–C) groups is 1. The fourth-order valence-electron chi connectivity index (χ4n) is 4.31. The summed E-state index contributed by atoms with van der Waals surface area (Å²) < 4.78 is 44.7. The Hall–Kier alpha value is -3.93. The van der Waals surface area contributed by atoms with Crippen LogP contribution < -0.4 is 0 Å². The topological polar surface area (TPSA) is 91.1 Å². The van der Waals surface area contributed by atoms with Gasteiger partial charge in [-0.15, -0.1) is 0 Å². The Labute approximate surface area is 180 Å². The number of nitrogens with one attached hydrogen (secondary N) is 1. The molecule has 5 rings (SSSR count). The highest BCUT2D eigenvalue weighted by Crippen LogP contribution is 2.43. The van der Waals surface area contributed by atoms with Crippen LogP contribution in [0.15, 0.2) is 58.7 Å². The Morgan fingerprint density at radius 3 is 2.78 bits per heavy atom. The summed E-state index contributed by atoms with van der Waals surface area (Å²) in [6, 6.07) is 12.5. The molecule has 2 aliphatic rings. The van der Waals surface area contributed by atoms with Crippen LogP contribution in [-0.2, 0) is 15.7 Å². The van der Waals surface area contributed by atoms with Crippen LogP contribution in [0, 0.1) is 17.2 Å². The summed E-state index contributed by atoms with van der Waals surface area (Å²) in [5.74, 6) is -1.76. The quantitative estimate of drug-likeness (QED) is 0.587. The van der Waals surface area contributed by atoms with E-state index in [1.54, 1.807) is 31.2 Å². The molecular formula is C23H15F3N4O2. The van der Waals surface area contributed by atoms with Gasteiger partial charge in [-0.1, -0.05) is 18.2 Å². The van der Waals surface area contributed by atoms with Crippen molar-refractivity contribution in [2.45, 2.75) is 19.0 Å². The van der Waals surface area contributed by atoms with Crippen molar-refractivity contribution in [1.29, 1.82) is 5.26 Å². The first kappa shape index (κ1) is 20.0. The van der Waals surface area contributed by atoms with Crippen LogP contribution in [0.3, 0.4) is 0 Å². The molecule has 1 aromatic heterocycles. The minimum absolute atomic E-state index is 0.0591. The van der Waals surface area contributed by atoms with Crippen LogP contribution in [0.25, 0.3) is 22.2 Å². The maximum Gasteiger partial charge on any atom is 0.416 e. The molecule has 0 radical (unpaired) electrons. The summed E-state index contributed by atoms with van der Waals surface area (Å²) in [5.41, 5.74) is 2.63. The number of carbonyl (C=O) groups is 1. The SMILES string of the molecule is CC1=NC2=C(C(=O)OC2)C(c2ccc3[nH]nc(-c4cccc(C(F)(F)F)c4)c3c2)C1C#N. The second-order valence-electron chi connectivity index (χ2n) is 7.73. The number of fused-ring (bicyclic) bond motifs is 1. The number of carbonyl (C=O) groups excluding carboxylic acids is 1. The van der Waals surface area contributed by atoms with Gasteiger partial charge < -0.3 is 4.74 Å². The van der Waals surface area contributed by atoms with Crippen molar-refractivity contribution in [2.75, 3.05) is 6.61 Å². The summed E-state index contributed by atoms with van der Waals surface area (Å²) >= 11 is 0. The third kappa shape index (κ3) is 3.07. The number of ether oxygens (including phenoxy) is 1. The molecular weight excluding hydrogens is 421 g/mol. The smallest absolute Gasteiger partial charge is 0.416 e. The van der Waals surface area contributed by atoms with Gasteiger partial charge in [-0.25, -0.2) is 4.79 Å². The van der Waals surface area contributed by atoms with Gasteiger partial charge in [-0.2, -0.15) is 23.5 Å². The number of cyclic esters (lactones) is 1. The van der Waals surface area contributed by atoms with Crippen molar-refractivity contribution in [3.63, 3.8) is 0 Å². The van der Waals surface area contributed by atoms with Gasteiger partial charge in [-0.05, 0) is 36.8 Å². The van der Waals surface area contributed by atoms with Gasteiger partial charge in [0.1, 0.15) is 6.61 Å². The minimum Gasteiger partial charge on any atom is -0.456 e. The Morgan fingerprint density at radius 2 is 2.03 bits per heavy atom. The van der Waals surface area contributed by atoms with E-state index in [1.165, 1.54) is 6.07 Å². The van der Waals surface area contributed by atoms with Crippen molar-refractivity contribution in [2.24, 2.45) is 10.9 Å². The van der Waals surface area contributed by atoms with Crippen LogP contribution in [0.4, 0.5) is 13.2 Å². The molecule has 9 heteroatoms. The van der Waals surface area contributed by atoms with Gasteiger partial charge >= 0.3 is 12.1 Å². The zero-order chi connectivity index (χ0) is 22.6. The maximum atomic E-state index is 13.2. The van der Waals surface area contributed by atoms with E-state index in [-0.39, 0.29) is 6.61 Å². The predicted octanol–water partition coefficient (Wildman–Crippen LogP) is 4.76. The summed E-state index contributed by atoms with van der Waals surface area (Å²) in [6.45, 7) is 1.79. The van der Waals surface area contributed by atoms with E-state index in [2.05, 4.69) is 21.3 Å². The van der Waals surface area contributed by atoms with Gasteiger partial charge in [0, 0.05) is 22.6 Å². The van der Waals surface area contributed by atoms with Gasteiger partial charge in [0.25, 0.3) is 0 Å². The maximum absolute atomic E-state index is 13.2. The number of rotatable bonds is 2. The Kier molecular flexibility index (Phi) is 4.41. The van der Waals surface area contributed by atoms with Gasteiger partial charge in [0.05, 0.1) is 40.0 Å². The molecule has 2 aromatic carbocycles. The minimum atomic E-state index is -4.47. The lowest BCUT2D eigenvalue weighted by molar-refractivity contribution is -0.138. The molecule has 0 saturated carbocycles. The highest BCUT2D eigenvalue weighted by atomic mass is 19.4. The molecule has 0 aliphatic carbocycles. The molecule has 2 aliphatic heterocycles. The zero-order valence-electron chi connectivity index (χ0n) is 16.7. The summed E-state index contributed by atoms with van der Waals surface area (Å²) in [6.07, 6.45) is -4.47. The number of hydrogen-bond acceptors (Lipinski definition) is 5. The van der Waals surface area contributed by atoms with E-state index in [1.807, 2.05) is 0 Å². The second kappa shape index (κ2) is 7.05. The Bertz CT molecular complexity index is 1380. The number of benzene rings is 2. The third-order valence-electron chi connectivity index (χ3n) is 5.82. The highest BCUT2D eigenvalue weighted by molar-refractivity contribution is 6.01. The Balaban J connectivity index is 1.66. The van der Waals surface area contributed by atoms with E-state index in [4.69, 9.17) is 4.74 Å². The first-order chi connectivity index (χ1) is 15.3. The molecule has 6 nitrogen and oxygen atoms in total. The first-order valence-corrected chi connectivity index (χ1v) is 9.78. The lowest BCUT2D eigenvalue weighted by Crippen LogP contribution is -2.26. The molecule has 1 N–H and O–H groups in total. The molecule has 3 heterocycles. The number of aromatic nitrogens is 2. The van der Waals surface area contributed by atoms with Crippen LogP contribution in [0.5, 0.6) is 0 Å². The third-order valence-corrected chi connectivity index (χ3v) is 5.82. The van der Waals surface area contributed by atoms with Crippen LogP contribution >= 0.6 is 0 Å². The summed E-state index contributed by atoms with van der Waals surface area (Å²) in [4.78, 5) is 16.8. The number of esters is 1. The standard InChI is InChI=1S/C23H15F3N4O2/c1-11-16(9-27)19(20-18(28-11)10-32-22(20)31)12-5-6-17-15(8-12)21(30-29-17)13-3-2-4-14(7-13)23(24,25)26/h2-8,16,19H,10H2,1H3,(H,29,30). The second-order valence-corrected chi connectivity index (χ2v) is 7.73. The number of nitriles is 1. The number of alkyl halides is 3. The molecule has 0 spiro atoms. The first-order valence-electron chi connectivity index (χ1n) is 9.78. The zero-order valence-corrected chi connectivity index (χ0v) is 16.7. The van der Waals surface area contributed by atoms with Crippen molar-refractivity contribution in [3.05, 3.63) is 64.9 Å². The number of aromatic amines is 1. The molecule has 2 atom stereocenters. The monoisotopic (exact) mass is 436 g/mol. The fraction of sp³-hybridized carbons (Fsp3) is 0.217. The van der Waals surface area contributed by atoms with Crippen LogP contribution in [-0.4, -0.2) is 28.5 Å². The average Bonchev–Trinajstić information content (AvgIpc) is 3.35. The molecule has 0 saturated heterocycles. The largest absolute Gasteiger partial charge is 0.456 e. The highest BCUT2D eigenvalue weighted by Gasteiger charge is 2.42. The van der Waals surface area contributed by atoms with E-state index in [9.17, 15) is 23.2 Å². The summed E-state index contributed by atoms with van der Waals surface area (Å²) in [5, 5.41) is 17.4. The van der Waals surface area contributed by atoms with E-state index in [0.717, 1.165) is 12.1 Å². The fourth-order valence-corrected chi connectivity index (χ4v) is 4.31. The van der Waals surface area contributed by atoms with Gasteiger partial charge in [0.15, 0.2) is 0 Å². The van der Waals surface area contributed by atoms with Crippen molar-refractivity contribution in [1.82, 2.24) is 10.2 Å². The normalized spacial score (nSPS) is 20.7. The predicted molar refractivity (Wildman–Crippen MR) is 109 cm³/mol. The van der Waals surface area contributed by atoms with E-state index >= 15 is 0 Å². The van der Waals surface area contributed by atoms with Crippen LogP contribution in [0.2, 0.25) is 0 Å². The number of nitrogens with zero attached hydrogens (tertiary/aromatic N) is 3. The molecule has 160 valence electrons. The lowest BCUT2D eigenvalue weighted by atomic mass is 9.76. The van der Waals surface area contributed by atoms with E-state index < -0.39 is 29.5 Å². The molecule has 32 heavy (non-hydrogen) atoms. The average molecular weight is 436 g/mol. The van der Waals surface area contributed by atoms with Gasteiger partial charge in [-0.3, -0.25) is 10.1 Å². The lowest BCUT2D eigenvalue weighted by Gasteiger charge is -2.26. The van der Waals surface area contributed by atoms with Gasteiger partial charge in [0.2, 0.25) is 0 Å². The number of halogens is 3. The molecule has 0 bridgehead atoms. The van der Waals surface area contributed by atoms with Crippen LogP contribution in [0.1, 0.15) is 24.0 Å². The van der Waals surface area contributed by atoms with E-state index in [0.29, 0.717) is 44.7 Å². The Morgan fingerprint density at radius 1 is 1.22 bits per heavy atom. The van der Waals surface area contributed by atoms with Crippen molar-refractivity contribution >= 4 is 22.6 Å². The molecule has 2 unspecified atom stereocenters. The number of H-pyrrole nitrogens is 1. The number of hydrogen-bond donors (Lipinski definition) is 1. The molecule has 0 amide bonds. The van der Waals surface area contributed by atoms with Crippen molar-refractivity contribution < 1.29 is 22.7 Å². The molecule has 3 aromatic rings. The molecule has 0 fully saturated rings. The summed E-state index contributed by atoms with van der Waals surface area (Å²) in [7, 11) is 0. The van der Waals surface area contributed by atoms with Crippen molar-refractivity contribution in [3.8, 4) is 17.3 Å².